The summed E-state index contributed by atoms with van der Waals surface area (Å²) in [5.74, 6) is 3.81. The number of nitrogens with zero attached hydrogens (tertiary/aromatic N) is 7. The molecule has 1 unspecified atom stereocenters. The van der Waals surface area contributed by atoms with E-state index in [0.717, 1.165) is 44.6 Å². The number of rotatable bonds is 10. The highest BCUT2D eigenvalue weighted by Crippen LogP contribution is 2.30. The second-order valence-electron chi connectivity index (χ2n) is 14.7. The number of nitrogens with one attached hydrogen (secondary N) is 1. The molecule has 0 radical (unpaired) electrons. The van der Waals surface area contributed by atoms with Crippen LogP contribution in [0.25, 0.3) is 0 Å². The van der Waals surface area contributed by atoms with Gasteiger partial charge < -0.3 is 34.0 Å². The Labute approximate surface area is 272 Å². The standard InChI is InChI=1S/C33H52N8O5/c1-21(2)29-37-31(46-38-29)39-12-9-24(10-13-39)23(4)11-15-44-25-17-34-30(35-18-25)40-19-26(36-32(43)45-33(5,6)7)27(20-40)41-14-8-22(3)16-28(41)42/h17-18,21-24,26-27H,8-16,19-20H2,1-7H3,(H,36,43)/t22?,23-,26+,27+/m1/s1. The molecule has 3 fully saturated rings. The Morgan fingerprint density at radius 1 is 1.07 bits per heavy atom. The van der Waals surface area contributed by atoms with Crippen molar-refractivity contribution in [3.63, 3.8) is 0 Å². The fourth-order valence-corrected chi connectivity index (χ4v) is 6.61. The lowest BCUT2D eigenvalue weighted by atomic mass is 9.84. The number of carbonyl (C=O) groups excluding carboxylic acids is 2. The zero-order valence-electron chi connectivity index (χ0n) is 28.6. The van der Waals surface area contributed by atoms with E-state index in [2.05, 4.69) is 58.0 Å². The number of hydrogen-bond donors (Lipinski definition) is 1. The summed E-state index contributed by atoms with van der Waals surface area (Å²) in [6.07, 6.45) is 7.51. The molecule has 3 saturated heterocycles. The first kappa shape index (κ1) is 33.7. The molecule has 3 aliphatic heterocycles. The zero-order chi connectivity index (χ0) is 33.0. The van der Waals surface area contributed by atoms with E-state index in [9.17, 15) is 9.59 Å². The first-order chi connectivity index (χ1) is 21.9. The highest BCUT2D eigenvalue weighted by atomic mass is 16.6. The highest BCUT2D eigenvalue weighted by molar-refractivity contribution is 5.78. The van der Waals surface area contributed by atoms with Gasteiger partial charge in [0.05, 0.1) is 31.1 Å². The van der Waals surface area contributed by atoms with Crippen LogP contribution in [0, 0.1) is 17.8 Å². The third kappa shape index (κ3) is 8.58. The van der Waals surface area contributed by atoms with Gasteiger partial charge in [-0.05, 0) is 64.2 Å². The fraction of sp³-hybridized carbons (Fsp3) is 0.758. The van der Waals surface area contributed by atoms with Gasteiger partial charge in [0.25, 0.3) is 0 Å². The van der Waals surface area contributed by atoms with Crippen LogP contribution in [0.4, 0.5) is 16.8 Å². The molecule has 0 bridgehead atoms. The molecule has 46 heavy (non-hydrogen) atoms. The van der Waals surface area contributed by atoms with Gasteiger partial charge in [0.15, 0.2) is 11.6 Å². The van der Waals surface area contributed by atoms with E-state index in [0.29, 0.717) is 68.1 Å². The summed E-state index contributed by atoms with van der Waals surface area (Å²) in [7, 11) is 0. The Morgan fingerprint density at radius 3 is 2.41 bits per heavy atom. The maximum Gasteiger partial charge on any atom is 0.408 e. The van der Waals surface area contributed by atoms with Gasteiger partial charge in [-0.25, -0.2) is 14.8 Å². The first-order valence-corrected chi connectivity index (χ1v) is 16.9. The Morgan fingerprint density at radius 2 is 1.78 bits per heavy atom. The molecule has 0 aliphatic carbocycles. The molecule has 4 atom stereocenters. The average Bonchev–Trinajstić information content (AvgIpc) is 3.65. The first-order valence-electron chi connectivity index (χ1n) is 16.9. The third-order valence-electron chi connectivity index (χ3n) is 9.40. The smallest absolute Gasteiger partial charge is 0.408 e. The fourth-order valence-electron chi connectivity index (χ4n) is 6.61. The van der Waals surface area contributed by atoms with Crippen molar-refractivity contribution in [2.75, 3.05) is 49.1 Å². The SMILES string of the molecule is CC1CCN([C@H]2CN(c3ncc(OCC[C@@H](C)C4CCN(c5nc(C(C)C)no5)CC4)cn3)C[C@@H]2NC(=O)OC(C)(C)C)C(=O)C1. The Bertz CT molecular complexity index is 1300. The molecular weight excluding hydrogens is 588 g/mol. The van der Waals surface area contributed by atoms with Gasteiger partial charge in [0.1, 0.15) is 5.60 Å². The molecule has 13 nitrogen and oxygen atoms in total. The van der Waals surface area contributed by atoms with Gasteiger partial charge in [-0.15, -0.1) is 0 Å². The van der Waals surface area contributed by atoms with E-state index < -0.39 is 11.7 Å². The third-order valence-corrected chi connectivity index (χ3v) is 9.40. The molecule has 254 valence electrons. The topological polar surface area (TPSA) is 139 Å². The van der Waals surface area contributed by atoms with E-state index in [4.69, 9.17) is 14.0 Å². The minimum atomic E-state index is -0.615. The van der Waals surface area contributed by atoms with E-state index in [-0.39, 0.29) is 23.9 Å². The zero-order valence-corrected chi connectivity index (χ0v) is 28.6. The Balaban J connectivity index is 1.11. The molecule has 2 aromatic heterocycles. The molecule has 0 spiro atoms. The summed E-state index contributed by atoms with van der Waals surface area (Å²) in [6, 6.07) is 0.144. The van der Waals surface area contributed by atoms with Crippen LogP contribution in [0.3, 0.4) is 0 Å². The molecule has 13 heteroatoms. The number of carbonyl (C=O) groups is 2. The van der Waals surface area contributed by atoms with Crippen LogP contribution in [-0.2, 0) is 9.53 Å². The van der Waals surface area contributed by atoms with Crippen molar-refractivity contribution < 1.29 is 23.6 Å². The summed E-state index contributed by atoms with van der Waals surface area (Å²) < 4.78 is 17.1. The van der Waals surface area contributed by atoms with Crippen molar-refractivity contribution in [3.8, 4) is 5.75 Å². The number of ether oxygens (including phenoxy) is 2. The Hall–Kier alpha value is -3.64. The van der Waals surface area contributed by atoms with Gasteiger partial charge in [-0.3, -0.25) is 4.79 Å². The maximum absolute atomic E-state index is 13.0. The summed E-state index contributed by atoms with van der Waals surface area (Å²) in [5.41, 5.74) is -0.615. The summed E-state index contributed by atoms with van der Waals surface area (Å²) in [4.78, 5) is 45.6. The summed E-state index contributed by atoms with van der Waals surface area (Å²) in [6.45, 7) is 18.2. The van der Waals surface area contributed by atoms with Crippen LogP contribution in [0.2, 0.25) is 0 Å². The molecule has 2 aromatic rings. The van der Waals surface area contributed by atoms with Crippen molar-refractivity contribution >= 4 is 24.0 Å². The number of anilines is 2. The van der Waals surface area contributed by atoms with Crippen LogP contribution in [0.15, 0.2) is 16.9 Å². The average molecular weight is 641 g/mol. The predicted octanol–water partition coefficient (Wildman–Crippen LogP) is 4.65. The molecule has 3 aliphatic rings. The van der Waals surface area contributed by atoms with Crippen LogP contribution in [-0.4, -0.2) is 94.0 Å². The van der Waals surface area contributed by atoms with Gasteiger partial charge in [0, 0.05) is 45.1 Å². The number of aromatic nitrogens is 4. The number of likely N-dealkylation sites (tertiary alicyclic amines) is 1. The highest BCUT2D eigenvalue weighted by Gasteiger charge is 2.42. The predicted molar refractivity (Wildman–Crippen MR) is 174 cm³/mol. The van der Waals surface area contributed by atoms with Crippen LogP contribution < -0.4 is 19.9 Å². The second kappa shape index (κ2) is 14.4. The van der Waals surface area contributed by atoms with Gasteiger partial charge >= 0.3 is 12.1 Å². The molecule has 1 N–H and O–H groups in total. The number of amides is 2. The van der Waals surface area contributed by atoms with Crippen LogP contribution in [0.5, 0.6) is 5.75 Å². The van der Waals surface area contributed by atoms with Gasteiger partial charge in [-0.2, -0.15) is 4.98 Å². The van der Waals surface area contributed by atoms with E-state index in [1.165, 1.54) is 0 Å². The van der Waals surface area contributed by atoms with Crippen molar-refractivity contribution in [1.29, 1.82) is 0 Å². The van der Waals surface area contributed by atoms with E-state index in [1.807, 2.05) is 30.6 Å². The number of hydrogen-bond acceptors (Lipinski definition) is 11. The lowest BCUT2D eigenvalue weighted by molar-refractivity contribution is -0.137. The largest absolute Gasteiger partial charge is 0.490 e. The van der Waals surface area contributed by atoms with E-state index in [1.54, 1.807) is 12.4 Å². The van der Waals surface area contributed by atoms with Crippen molar-refractivity contribution in [3.05, 3.63) is 18.2 Å². The molecule has 5 heterocycles. The van der Waals surface area contributed by atoms with Crippen molar-refractivity contribution in [1.82, 2.24) is 30.3 Å². The van der Waals surface area contributed by atoms with Gasteiger partial charge in [0.2, 0.25) is 11.9 Å². The number of alkyl carbamates (subject to hydrolysis) is 1. The minimum absolute atomic E-state index is 0.123. The maximum atomic E-state index is 13.0. The minimum Gasteiger partial charge on any atom is -0.490 e. The lowest BCUT2D eigenvalue weighted by Gasteiger charge is -2.37. The molecule has 0 aromatic carbocycles. The Kier molecular flexibility index (Phi) is 10.6. The lowest BCUT2D eigenvalue weighted by Crippen LogP contribution is -2.55. The number of piperidine rings is 2. The van der Waals surface area contributed by atoms with Crippen LogP contribution >= 0.6 is 0 Å². The monoisotopic (exact) mass is 640 g/mol. The normalized spacial score (nSPS) is 23.6. The summed E-state index contributed by atoms with van der Waals surface area (Å²) in [5, 5.41) is 7.12. The summed E-state index contributed by atoms with van der Waals surface area (Å²) >= 11 is 0. The molecule has 5 rings (SSSR count). The van der Waals surface area contributed by atoms with Crippen molar-refractivity contribution in [2.24, 2.45) is 17.8 Å². The van der Waals surface area contributed by atoms with Crippen LogP contribution in [0.1, 0.15) is 92.3 Å². The molecule has 0 saturated carbocycles. The second-order valence-corrected chi connectivity index (χ2v) is 14.7. The van der Waals surface area contributed by atoms with Crippen molar-refractivity contribution in [2.45, 2.75) is 104 Å². The van der Waals surface area contributed by atoms with E-state index >= 15 is 0 Å². The molecular formula is C33H52N8O5. The van der Waals surface area contributed by atoms with Gasteiger partial charge in [-0.1, -0.05) is 32.9 Å². The molecule has 2 amide bonds. The quantitative estimate of drug-likeness (QED) is 0.388.